The third-order valence-electron chi connectivity index (χ3n) is 7.37. The number of hydrogen-bond acceptors (Lipinski definition) is 12. The lowest BCUT2D eigenvalue weighted by molar-refractivity contribution is -0.170. The van der Waals surface area contributed by atoms with E-state index in [0.717, 1.165) is 24.8 Å². The van der Waals surface area contributed by atoms with Gasteiger partial charge < -0.3 is 30.6 Å². The second-order valence-electron chi connectivity index (χ2n) is 12.1. The molecule has 0 bridgehead atoms. The highest BCUT2D eigenvalue weighted by molar-refractivity contribution is 5.98. The first kappa shape index (κ1) is 51.0. The molecule has 17 nitrogen and oxygen atoms in total. The van der Waals surface area contributed by atoms with Crippen LogP contribution < -0.4 is 32.1 Å². The van der Waals surface area contributed by atoms with Crippen molar-refractivity contribution in [2.24, 2.45) is 11.7 Å². The maximum atomic E-state index is 13.6. The van der Waals surface area contributed by atoms with Gasteiger partial charge in [-0.05, 0) is 50.1 Å². The standard InChI is InChI=1S/C34H46F3N9O8.2C2H6/c1-22(2)29(48)44-33-43-28-27(31(50)45-33)42-24(20-41-28)21-46(32(51)34(35,36)37)25-9-7-23(8-10-25)30(49)40-12-3-6-26(47)39-13-5-15-53-17-19-54-18-16-52-14-4-11-38;2*1-2/h7-10,20,22H,3-6,11-19,21,38H2,1-2H3,(H,39,47)(H,40,49)(H2,41,43,44,45,48,50);2*1-2H3. The number of fused-ring (bicyclic) bond motifs is 1. The fourth-order valence-corrected chi connectivity index (χ4v) is 4.51. The summed E-state index contributed by atoms with van der Waals surface area (Å²) in [6, 6.07) is 4.82. The van der Waals surface area contributed by atoms with Crippen LogP contribution >= 0.6 is 0 Å². The van der Waals surface area contributed by atoms with E-state index in [1.54, 1.807) is 13.8 Å². The van der Waals surface area contributed by atoms with Crippen LogP contribution in [0.1, 0.15) is 83.3 Å². The Balaban J connectivity index is 0.00000407. The zero-order chi connectivity index (χ0) is 43.5. The number of nitrogens with one attached hydrogen (secondary N) is 4. The van der Waals surface area contributed by atoms with Crippen LogP contribution in [-0.4, -0.2) is 109 Å². The Labute approximate surface area is 336 Å². The number of aromatic nitrogens is 4. The number of hydrogen-bond donors (Lipinski definition) is 5. The molecule has 0 unspecified atom stereocenters. The fourth-order valence-electron chi connectivity index (χ4n) is 4.51. The van der Waals surface area contributed by atoms with Gasteiger partial charge in [-0.15, -0.1) is 0 Å². The Bertz CT molecular complexity index is 1740. The van der Waals surface area contributed by atoms with E-state index in [4.69, 9.17) is 19.9 Å². The lowest BCUT2D eigenvalue weighted by atomic mass is 10.1. The van der Waals surface area contributed by atoms with Crippen molar-refractivity contribution < 1.29 is 46.6 Å². The molecule has 58 heavy (non-hydrogen) atoms. The molecular weight excluding hydrogens is 767 g/mol. The van der Waals surface area contributed by atoms with Gasteiger partial charge in [0.2, 0.25) is 17.8 Å². The molecule has 4 amide bonds. The third-order valence-corrected chi connectivity index (χ3v) is 7.37. The molecule has 0 aliphatic carbocycles. The number of H-pyrrole nitrogens is 1. The smallest absolute Gasteiger partial charge is 0.379 e. The zero-order valence-electron chi connectivity index (χ0n) is 34.1. The minimum Gasteiger partial charge on any atom is -0.379 e. The Morgan fingerprint density at radius 2 is 1.43 bits per heavy atom. The van der Waals surface area contributed by atoms with E-state index in [9.17, 15) is 37.1 Å². The number of halogens is 3. The van der Waals surface area contributed by atoms with Crippen molar-refractivity contribution in [3.8, 4) is 0 Å². The number of amides is 4. The van der Waals surface area contributed by atoms with Gasteiger partial charge in [-0.3, -0.25) is 39.2 Å². The minimum atomic E-state index is -5.26. The van der Waals surface area contributed by atoms with Crippen molar-refractivity contribution in [3.63, 3.8) is 0 Å². The molecule has 0 atom stereocenters. The Kier molecular flexibility index (Phi) is 24.9. The quantitative estimate of drug-likeness (QED) is 0.0858. The number of nitrogens with two attached hydrogens (primary N) is 1. The topological polar surface area (TPSA) is 233 Å². The number of carbonyl (C=O) groups excluding carboxylic acids is 4. The molecule has 6 N–H and O–H groups in total. The van der Waals surface area contributed by atoms with Crippen LogP contribution in [0.25, 0.3) is 11.2 Å². The van der Waals surface area contributed by atoms with Gasteiger partial charge in [-0.25, -0.2) is 9.97 Å². The molecule has 0 aliphatic rings. The van der Waals surface area contributed by atoms with Gasteiger partial charge in [0, 0.05) is 49.9 Å². The number of aromatic amines is 1. The van der Waals surface area contributed by atoms with E-state index < -0.39 is 41.9 Å². The van der Waals surface area contributed by atoms with Gasteiger partial charge in [0.25, 0.3) is 11.5 Å². The predicted octanol–water partition coefficient (Wildman–Crippen LogP) is 3.87. The predicted molar refractivity (Wildman–Crippen MR) is 213 cm³/mol. The third kappa shape index (κ3) is 18.9. The molecule has 1 aromatic carbocycles. The first-order chi connectivity index (χ1) is 27.8. The Morgan fingerprint density at radius 3 is 2.02 bits per heavy atom. The van der Waals surface area contributed by atoms with E-state index >= 15 is 0 Å². The van der Waals surface area contributed by atoms with Gasteiger partial charge in [-0.1, -0.05) is 41.5 Å². The van der Waals surface area contributed by atoms with E-state index in [1.165, 1.54) is 12.1 Å². The van der Waals surface area contributed by atoms with E-state index in [1.807, 2.05) is 27.7 Å². The maximum Gasteiger partial charge on any atom is 0.471 e. The summed E-state index contributed by atoms with van der Waals surface area (Å²) in [7, 11) is 0. The van der Waals surface area contributed by atoms with Crippen LogP contribution in [0, 0.1) is 5.92 Å². The summed E-state index contributed by atoms with van der Waals surface area (Å²) in [5.41, 5.74) is 3.81. The van der Waals surface area contributed by atoms with Crippen LogP contribution in [-0.2, 0) is 35.1 Å². The second kappa shape index (κ2) is 28.4. The van der Waals surface area contributed by atoms with Gasteiger partial charge in [0.15, 0.2) is 11.2 Å². The lowest BCUT2D eigenvalue weighted by Crippen LogP contribution is -2.41. The van der Waals surface area contributed by atoms with Crippen molar-refractivity contribution in [1.29, 1.82) is 0 Å². The SMILES string of the molecule is CC.CC.CC(C)C(=O)Nc1nc2ncc(CN(C(=O)C(F)(F)F)c3ccc(C(=O)NCCCC(=O)NCCCOCCOCCOCCCN)cc3)nc2c(=O)[nH]1. The summed E-state index contributed by atoms with van der Waals surface area (Å²) >= 11 is 0. The lowest BCUT2D eigenvalue weighted by Gasteiger charge is -2.23. The molecule has 2 heterocycles. The molecule has 0 aliphatic heterocycles. The summed E-state index contributed by atoms with van der Waals surface area (Å²) in [6.07, 6.45) is -2.29. The number of alkyl halides is 3. The number of ether oxygens (including phenoxy) is 3. The van der Waals surface area contributed by atoms with Crippen LogP contribution in [0.4, 0.5) is 24.8 Å². The average molecular weight is 826 g/mol. The first-order valence-electron chi connectivity index (χ1n) is 19.3. The highest BCUT2D eigenvalue weighted by Gasteiger charge is 2.43. The van der Waals surface area contributed by atoms with Crippen LogP contribution in [0.2, 0.25) is 0 Å². The highest BCUT2D eigenvalue weighted by Crippen LogP contribution is 2.26. The van der Waals surface area contributed by atoms with Crippen molar-refractivity contribution in [1.82, 2.24) is 30.6 Å². The molecule has 20 heteroatoms. The summed E-state index contributed by atoms with van der Waals surface area (Å²) in [4.78, 5) is 76.6. The van der Waals surface area contributed by atoms with Gasteiger partial charge >= 0.3 is 12.1 Å². The minimum absolute atomic E-state index is 0.104. The Hall–Kier alpha value is -5.05. The molecule has 0 radical (unpaired) electrons. The molecule has 0 spiro atoms. The molecule has 0 fully saturated rings. The average Bonchev–Trinajstić information content (AvgIpc) is 3.21. The van der Waals surface area contributed by atoms with Crippen LogP contribution in [0.5, 0.6) is 0 Å². The molecule has 2 aromatic heterocycles. The molecule has 3 aromatic rings. The summed E-state index contributed by atoms with van der Waals surface area (Å²) in [6.45, 7) is 14.6. The van der Waals surface area contributed by atoms with Crippen molar-refractivity contribution in [2.75, 3.05) is 69.5 Å². The maximum absolute atomic E-state index is 13.6. The molecule has 324 valence electrons. The second-order valence-corrected chi connectivity index (χ2v) is 12.1. The van der Waals surface area contributed by atoms with Gasteiger partial charge in [0.1, 0.15) is 0 Å². The number of carbonyl (C=O) groups is 4. The number of anilines is 2. The summed E-state index contributed by atoms with van der Waals surface area (Å²) in [5.74, 6) is -3.96. The van der Waals surface area contributed by atoms with Crippen molar-refractivity contribution in [2.45, 2.75) is 79.9 Å². The normalized spacial score (nSPS) is 10.9. The van der Waals surface area contributed by atoms with Crippen molar-refractivity contribution in [3.05, 3.63) is 52.1 Å². The Morgan fingerprint density at radius 1 is 0.845 bits per heavy atom. The summed E-state index contributed by atoms with van der Waals surface area (Å²) in [5, 5.41) is 7.84. The molecule has 0 saturated carbocycles. The number of rotatable bonds is 23. The molecule has 3 rings (SSSR count). The number of benzene rings is 1. The van der Waals surface area contributed by atoms with Gasteiger partial charge in [0.05, 0.1) is 44.9 Å². The first-order valence-corrected chi connectivity index (χ1v) is 19.3. The van der Waals surface area contributed by atoms with Crippen molar-refractivity contribution >= 4 is 46.4 Å². The van der Waals surface area contributed by atoms with E-state index in [-0.39, 0.29) is 52.9 Å². The van der Waals surface area contributed by atoms with E-state index in [2.05, 4.69) is 35.9 Å². The molecule has 0 saturated heterocycles. The zero-order valence-corrected chi connectivity index (χ0v) is 34.1. The number of nitrogens with zero attached hydrogens (tertiary/aromatic N) is 4. The van der Waals surface area contributed by atoms with E-state index in [0.29, 0.717) is 70.5 Å². The highest BCUT2D eigenvalue weighted by atomic mass is 19.4. The van der Waals surface area contributed by atoms with Gasteiger partial charge in [-0.2, -0.15) is 18.2 Å². The monoisotopic (exact) mass is 825 g/mol. The molecular formula is C38H58F3N9O8. The fraction of sp³-hybridized carbons (Fsp3) is 0.579. The van der Waals surface area contributed by atoms with Crippen LogP contribution in [0.3, 0.4) is 0 Å². The van der Waals surface area contributed by atoms with Crippen LogP contribution in [0.15, 0.2) is 35.3 Å². The largest absolute Gasteiger partial charge is 0.471 e. The summed E-state index contributed by atoms with van der Waals surface area (Å²) < 4.78 is 57.0.